The molecule has 0 spiro atoms. The molecule has 0 fully saturated rings. The molecule has 0 bridgehead atoms. The van der Waals surface area contributed by atoms with Crippen LogP contribution in [0.1, 0.15) is 60.3 Å². The summed E-state index contributed by atoms with van der Waals surface area (Å²) in [6, 6.07) is 0. The van der Waals surface area contributed by atoms with Crippen LogP contribution in [0.4, 0.5) is 0 Å². The van der Waals surface area contributed by atoms with Crippen LogP contribution in [0.25, 0.3) is 0 Å². The molecule has 2 unspecified atom stereocenters. The molecular formula is C12H25Cl. The van der Waals surface area contributed by atoms with Gasteiger partial charge in [-0.05, 0) is 24.2 Å². The molecule has 0 aromatic carbocycles. The van der Waals surface area contributed by atoms with Gasteiger partial charge in [0.2, 0.25) is 0 Å². The third kappa shape index (κ3) is 6.37. The molecule has 0 aromatic rings. The molecule has 0 N–H and O–H groups in total. The van der Waals surface area contributed by atoms with Crippen LogP contribution < -0.4 is 0 Å². The lowest BCUT2D eigenvalue weighted by Crippen LogP contribution is -2.21. The van der Waals surface area contributed by atoms with Crippen molar-refractivity contribution < 1.29 is 0 Å². The van der Waals surface area contributed by atoms with E-state index in [-0.39, 0.29) is 5.41 Å². The van der Waals surface area contributed by atoms with Gasteiger partial charge in [-0.3, -0.25) is 0 Å². The summed E-state index contributed by atoms with van der Waals surface area (Å²) in [6.45, 7) is 11.2. The number of hydrogen-bond donors (Lipinski definition) is 0. The van der Waals surface area contributed by atoms with Gasteiger partial charge in [0.25, 0.3) is 0 Å². The highest BCUT2D eigenvalue weighted by Crippen LogP contribution is 2.29. The van der Waals surface area contributed by atoms with Gasteiger partial charge in [-0.1, -0.05) is 47.5 Å². The maximum atomic E-state index is 6.30. The van der Waals surface area contributed by atoms with E-state index in [4.69, 9.17) is 11.6 Å². The maximum Gasteiger partial charge on any atom is 0.0384 e. The van der Waals surface area contributed by atoms with Crippen LogP contribution in [0.5, 0.6) is 0 Å². The van der Waals surface area contributed by atoms with E-state index in [1.165, 1.54) is 19.3 Å². The Morgan fingerprint density at radius 1 is 1.08 bits per heavy atom. The Kier molecular flexibility index (Phi) is 6.04. The van der Waals surface area contributed by atoms with E-state index in [1.54, 1.807) is 0 Å². The first-order chi connectivity index (χ1) is 5.88. The maximum absolute atomic E-state index is 6.30. The van der Waals surface area contributed by atoms with E-state index in [2.05, 4.69) is 34.6 Å². The molecular weight excluding hydrogens is 180 g/mol. The van der Waals surface area contributed by atoms with Crippen molar-refractivity contribution in [2.45, 2.75) is 65.7 Å². The molecule has 0 heterocycles. The zero-order chi connectivity index (χ0) is 10.5. The molecule has 0 radical (unpaired) electrons. The molecule has 0 rings (SSSR count). The third-order valence-corrected chi connectivity index (χ3v) is 3.51. The molecule has 80 valence electrons. The van der Waals surface area contributed by atoms with Gasteiger partial charge in [0.05, 0.1) is 0 Å². The Labute approximate surface area is 89.1 Å². The van der Waals surface area contributed by atoms with Gasteiger partial charge < -0.3 is 0 Å². The average molecular weight is 205 g/mol. The van der Waals surface area contributed by atoms with Crippen LogP contribution in [0.2, 0.25) is 0 Å². The summed E-state index contributed by atoms with van der Waals surface area (Å²) in [5.74, 6) is 0.841. The number of alkyl halides is 1. The van der Waals surface area contributed by atoms with Crippen LogP contribution in [0, 0.1) is 11.3 Å². The van der Waals surface area contributed by atoms with Gasteiger partial charge in [-0.2, -0.15) is 0 Å². The summed E-state index contributed by atoms with van der Waals surface area (Å²) in [6.07, 6.45) is 5.07. The third-order valence-electron chi connectivity index (χ3n) is 2.63. The van der Waals surface area contributed by atoms with Crippen molar-refractivity contribution in [2.75, 3.05) is 0 Å². The lowest BCUT2D eigenvalue weighted by molar-refractivity contribution is 0.345. The number of hydrogen-bond acceptors (Lipinski definition) is 0. The summed E-state index contributed by atoms with van der Waals surface area (Å²) in [7, 11) is 0. The fourth-order valence-corrected chi connectivity index (χ4v) is 1.63. The lowest BCUT2D eigenvalue weighted by Gasteiger charge is -2.26. The van der Waals surface area contributed by atoms with Crippen LogP contribution in [-0.4, -0.2) is 5.38 Å². The number of rotatable bonds is 5. The SMILES string of the molecule is CCCC(C)CCC(Cl)C(C)(C)C. The zero-order valence-corrected chi connectivity index (χ0v) is 10.6. The van der Waals surface area contributed by atoms with E-state index in [9.17, 15) is 0 Å². The van der Waals surface area contributed by atoms with Crippen LogP contribution in [-0.2, 0) is 0 Å². The topological polar surface area (TPSA) is 0 Å². The molecule has 13 heavy (non-hydrogen) atoms. The van der Waals surface area contributed by atoms with E-state index < -0.39 is 0 Å². The summed E-state index contributed by atoms with van der Waals surface area (Å²) < 4.78 is 0. The van der Waals surface area contributed by atoms with Crippen molar-refractivity contribution in [3.63, 3.8) is 0 Å². The lowest BCUT2D eigenvalue weighted by atomic mass is 9.87. The van der Waals surface area contributed by atoms with E-state index in [1.807, 2.05) is 0 Å². The monoisotopic (exact) mass is 204 g/mol. The van der Waals surface area contributed by atoms with Crippen molar-refractivity contribution in [1.29, 1.82) is 0 Å². The van der Waals surface area contributed by atoms with Gasteiger partial charge >= 0.3 is 0 Å². The number of halogens is 1. The van der Waals surface area contributed by atoms with Crippen molar-refractivity contribution in [3.05, 3.63) is 0 Å². The van der Waals surface area contributed by atoms with Gasteiger partial charge in [0.15, 0.2) is 0 Å². The van der Waals surface area contributed by atoms with Gasteiger partial charge in [0, 0.05) is 5.38 Å². The Hall–Kier alpha value is 0.290. The highest BCUT2D eigenvalue weighted by Gasteiger charge is 2.22. The minimum atomic E-state index is 0.257. The Bertz CT molecular complexity index is 124. The normalized spacial score (nSPS) is 17.1. The molecule has 0 aromatic heterocycles. The molecule has 2 atom stereocenters. The minimum Gasteiger partial charge on any atom is -0.122 e. The smallest absolute Gasteiger partial charge is 0.0384 e. The van der Waals surface area contributed by atoms with Crippen molar-refractivity contribution >= 4 is 11.6 Å². The molecule has 0 aliphatic carbocycles. The predicted molar refractivity (Wildman–Crippen MR) is 62.4 cm³/mol. The second-order valence-electron chi connectivity index (χ2n) is 5.30. The first-order valence-corrected chi connectivity index (χ1v) is 5.95. The Morgan fingerprint density at radius 3 is 2.00 bits per heavy atom. The predicted octanol–water partition coefficient (Wildman–Crippen LogP) is 4.86. The standard InChI is InChI=1S/C12H25Cl/c1-6-7-10(2)8-9-11(13)12(3,4)5/h10-11H,6-9H2,1-5H3. The summed E-state index contributed by atoms with van der Waals surface area (Å²) in [5.41, 5.74) is 0.257. The largest absolute Gasteiger partial charge is 0.122 e. The Morgan fingerprint density at radius 2 is 1.62 bits per heavy atom. The van der Waals surface area contributed by atoms with Crippen molar-refractivity contribution in [1.82, 2.24) is 0 Å². The van der Waals surface area contributed by atoms with Gasteiger partial charge in [-0.15, -0.1) is 11.6 Å². The van der Waals surface area contributed by atoms with Crippen LogP contribution in [0.15, 0.2) is 0 Å². The fourth-order valence-electron chi connectivity index (χ4n) is 1.50. The first-order valence-electron chi connectivity index (χ1n) is 5.52. The summed E-state index contributed by atoms with van der Waals surface area (Å²) >= 11 is 6.30. The first kappa shape index (κ1) is 13.3. The fraction of sp³-hybridized carbons (Fsp3) is 1.00. The second kappa shape index (κ2) is 5.90. The molecule has 0 nitrogen and oxygen atoms in total. The highest BCUT2D eigenvalue weighted by atomic mass is 35.5. The Balaban J connectivity index is 3.63. The van der Waals surface area contributed by atoms with E-state index in [0.717, 1.165) is 12.3 Å². The average Bonchev–Trinajstić information content (AvgIpc) is 1.99. The zero-order valence-electron chi connectivity index (χ0n) is 9.86. The summed E-state index contributed by atoms with van der Waals surface area (Å²) in [4.78, 5) is 0. The molecule has 0 aliphatic rings. The summed E-state index contributed by atoms with van der Waals surface area (Å²) in [5, 5.41) is 0.326. The van der Waals surface area contributed by atoms with E-state index in [0.29, 0.717) is 5.38 Å². The minimum absolute atomic E-state index is 0.257. The molecule has 0 saturated carbocycles. The van der Waals surface area contributed by atoms with Crippen LogP contribution in [0.3, 0.4) is 0 Å². The molecule has 0 amide bonds. The molecule has 0 aliphatic heterocycles. The van der Waals surface area contributed by atoms with Gasteiger partial charge in [-0.25, -0.2) is 0 Å². The second-order valence-corrected chi connectivity index (χ2v) is 5.83. The van der Waals surface area contributed by atoms with Crippen LogP contribution >= 0.6 is 11.6 Å². The molecule has 1 heteroatoms. The van der Waals surface area contributed by atoms with Crippen molar-refractivity contribution in [2.24, 2.45) is 11.3 Å². The highest BCUT2D eigenvalue weighted by molar-refractivity contribution is 6.21. The van der Waals surface area contributed by atoms with E-state index >= 15 is 0 Å². The van der Waals surface area contributed by atoms with Crippen molar-refractivity contribution in [3.8, 4) is 0 Å². The molecule has 0 saturated heterocycles. The quantitative estimate of drug-likeness (QED) is 0.562. The van der Waals surface area contributed by atoms with Gasteiger partial charge in [0.1, 0.15) is 0 Å².